The van der Waals surface area contributed by atoms with Crippen LogP contribution in [0.4, 0.5) is 34.1 Å². The molecule has 0 unspecified atom stereocenters. The van der Waals surface area contributed by atoms with Gasteiger partial charge in [0, 0.05) is 72.0 Å². The van der Waals surface area contributed by atoms with Crippen LogP contribution < -0.4 is 9.80 Å². The second-order valence-corrected chi connectivity index (χ2v) is 36.5. The van der Waals surface area contributed by atoms with Crippen LogP contribution in [0.15, 0.2) is 279 Å². The Kier molecular flexibility index (Phi) is 14.0. The minimum atomic E-state index is -0.245. The van der Waals surface area contributed by atoms with Gasteiger partial charge in [0.25, 0.3) is 0 Å². The van der Waals surface area contributed by atoms with Gasteiger partial charge in [-0.3, -0.25) is 0 Å². The maximum absolute atomic E-state index is 2.53. The zero-order chi connectivity index (χ0) is 75.9. The maximum Gasteiger partial charge on any atom is 0.0465 e. The molecule has 0 radical (unpaired) electrons. The van der Waals surface area contributed by atoms with Crippen molar-refractivity contribution in [3.05, 3.63) is 379 Å². The van der Waals surface area contributed by atoms with Crippen LogP contribution in [0.25, 0.3) is 102 Å². The van der Waals surface area contributed by atoms with E-state index in [1.54, 1.807) is 0 Å². The fourth-order valence-corrected chi connectivity index (χ4v) is 21.6. The highest BCUT2D eigenvalue weighted by Gasteiger charge is 2.44. The molecule has 0 aliphatic heterocycles. The lowest BCUT2D eigenvalue weighted by molar-refractivity contribution is 0.659. The number of nitrogens with zero attached hydrogens (tertiary/aromatic N) is 2. The minimum Gasteiger partial charge on any atom is -0.310 e. The summed E-state index contributed by atoms with van der Waals surface area (Å²) in [6.07, 6.45) is 9.29. The van der Waals surface area contributed by atoms with Crippen LogP contribution in [0.2, 0.25) is 0 Å². The second-order valence-electron chi connectivity index (χ2n) is 36.5. The van der Waals surface area contributed by atoms with Gasteiger partial charge in [-0.15, -0.1) is 0 Å². The van der Waals surface area contributed by atoms with Crippen molar-refractivity contribution in [2.75, 3.05) is 9.80 Å². The van der Waals surface area contributed by atoms with Crippen molar-refractivity contribution in [2.45, 2.75) is 135 Å². The van der Waals surface area contributed by atoms with Crippen molar-refractivity contribution < 1.29 is 0 Å². The SMILES string of the molecule is CC1(C)c2cc(/C=C/c3ccc4c(c3)C(C)(C)c3cc(N(c5ccc6c(c5)C(C)(C)c5ccccc5-6)c5ccc6c(c5)C(C)(C)c5ccccc5-6)ccc3-4)ccc2-c2ccc(/C=C/c3ccc4c(c3)C(C)(C)c3cc(N(c5ccc6c(c5)C(C)(C)c5ccccc5-6)c5ccc6c(c5)C(C)(C)c5ccccc5-6)ccc3-4)cc21. The van der Waals surface area contributed by atoms with Gasteiger partial charge >= 0.3 is 0 Å². The Balaban J connectivity index is 0.546. The summed E-state index contributed by atoms with van der Waals surface area (Å²) in [5.74, 6) is 0. The largest absolute Gasteiger partial charge is 0.310 e. The molecule has 14 aromatic carbocycles. The molecular weight excluding hydrogens is 1340 g/mol. The molecule has 0 amide bonds. The fraction of sp³-hybridized carbons (Fsp3) is 0.193. The van der Waals surface area contributed by atoms with Gasteiger partial charge in [0.05, 0.1) is 0 Å². The first-order chi connectivity index (χ1) is 53.3. The third-order valence-electron chi connectivity index (χ3n) is 27.8. The van der Waals surface area contributed by atoms with Crippen LogP contribution >= 0.6 is 0 Å². The van der Waals surface area contributed by atoms with Gasteiger partial charge in [-0.1, -0.05) is 327 Å². The third-order valence-corrected chi connectivity index (χ3v) is 27.8. The summed E-state index contributed by atoms with van der Waals surface area (Å²) in [5, 5.41) is 0. The molecule has 0 saturated heterocycles. The van der Waals surface area contributed by atoms with Crippen LogP contribution in [0.3, 0.4) is 0 Å². The van der Waals surface area contributed by atoms with Gasteiger partial charge < -0.3 is 9.80 Å². The summed E-state index contributed by atoms with van der Waals surface area (Å²) < 4.78 is 0. The van der Waals surface area contributed by atoms with E-state index in [1.165, 1.54) is 212 Å². The normalized spacial score (nSPS) is 16.8. The van der Waals surface area contributed by atoms with E-state index in [-0.39, 0.29) is 37.9 Å². The van der Waals surface area contributed by atoms with Gasteiger partial charge in [0.1, 0.15) is 0 Å². The van der Waals surface area contributed by atoms with E-state index < -0.39 is 0 Å². The monoisotopic (exact) mass is 1430 g/mol. The molecule has 0 spiro atoms. The van der Waals surface area contributed by atoms with Gasteiger partial charge in [0.2, 0.25) is 0 Å². The molecule has 0 aromatic heterocycles. The zero-order valence-electron chi connectivity index (χ0n) is 66.3. The summed E-state index contributed by atoms with van der Waals surface area (Å²) in [7, 11) is 0. The van der Waals surface area contributed by atoms with E-state index in [1.807, 2.05) is 0 Å². The van der Waals surface area contributed by atoms with Crippen molar-refractivity contribution in [1.29, 1.82) is 0 Å². The molecule has 111 heavy (non-hydrogen) atoms. The van der Waals surface area contributed by atoms with E-state index in [4.69, 9.17) is 0 Å². The van der Waals surface area contributed by atoms with Crippen LogP contribution in [0.5, 0.6) is 0 Å². The fourth-order valence-electron chi connectivity index (χ4n) is 21.6. The summed E-state index contributed by atoms with van der Waals surface area (Å²) >= 11 is 0. The molecule has 0 heterocycles. The predicted octanol–water partition coefficient (Wildman–Crippen LogP) is 29.1. The van der Waals surface area contributed by atoms with Crippen molar-refractivity contribution in [3.63, 3.8) is 0 Å². The number of anilines is 6. The Morgan fingerprint density at radius 2 is 0.297 bits per heavy atom. The maximum atomic E-state index is 2.53. The number of fused-ring (bicyclic) bond motifs is 21. The average molecular weight is 1430 g/mol. The van der Waals surface area contributed by atoms with Crippen LogP contribution in [-0.4, -0.2) is 0 Å². The number of rotatable bonds is 10. The topological polar surface area (TPSA) is 6.48 Å². The third kappa shape index (κ3) is 9.56. The molecule has 0 atom stereocenters. The number of hydrogen-bond acceptors (Lipinski definition) is 2. The second kappa shape index (κ2) is 23.1. The molecule has 14 aromatic rings. The molecule has 7 aliphatic rings. The Labute approximate surface area is 655 Å². The zero-order valence-corrected chi connectivity index (χ0v) is 66.3. The van der Waals surface area contributed by atoms with E-state index >= 15 is 0 Å². The van der Waals surface area contributed by atoms with E-state index in [0.29, 0.717) is 0 Å². The first-order valence-electron chi connectivity index (χ1n) is 40.1. The summed E-state index contributed by atoms with van der Waals surface area (Å²) in [4.78, 5) is 5.06. The Hall–Kier alpha value is -11.8. The van der Waals surface area contributed by atoms with E-state index in [2.05, 4.69) is 410 Å². The van der Waals surface area contributed by atoms with Crippen LogP contribution in [0, 0.1) is 0 Å². The summed E-state index contributed by atoms with van der Waals surface area (Å²) in [6, 6.07) is 108. The first kappa shape index (κ1) is 67.3. The highest BCUT2D eigenvalue weighted by molar-refractivity contribution is 5.95. The molecule has 2 heteroatoms. The Bertz CT molecular complexity index is 5890. The number of hydrogen-bond donors (Lipinski definition) is 0. The van der Waals surface area contributed by atoms with Crippen molar-refractivity contribution in [1.82, 2.24) is 0 Å². The first-order valence-corrected chi connectivity index (χ1v) is 40.1. The summed E-state index contributed by atoms with van der Waals surface area (Å²) in [6.45, 7) is 33.6. The van der Waals surface area contributed by atoms with E-state index in [9.17, 15) is 0 Å². The molecule has 0 N–H and O–H groups in total. The lowest BCUT2D eigenvalue weighted by atomic mass is 9.81. The molecular formula is C109H92N2. The standard InChI is InChI=1S/C109H92N2/c1-103(2)89-27-19-15-23-75(89)83-49-39-69(59-97(83)103)110(70-40-50-84-76-24-16-20-28-90(76)104(3,4)98(84)60-70)73-43-53-87-81-47-37-67(57-95(81)108(11,12)101(87)63-73)33-31-65-35-45-79-80-46-36-66(56-94(80)107(9,10)93(79)55-65)32-34-68-38-48-82-88-54-44-74(64-102(88)109(13,14)96(82)58-68)111(71-41-51-85-77-25-17-21-29-91(77)105(5,6)99(85)61-71)72-42-52-86-78-26-18-22-30-92(78)106(7,8)100(86)62-72/h15-64H,1-14H3/b33-31+,34-32+. The lowest BCUT2D eigenvalue weighted by Gasteiger charge is -2.31. The lowest BCUT2D eigenvalue weighted by Crippen LogP contribution is -2.19. The van der Waals surface area contributed by atoms with Gasteiger partial charge in [-0.25, -0.2) is 0 Å². The highest BCUT2D eigenvalue weighted by Crippen LogP contribution is 2.60. The van der Waals surface area contributed by atoms with Gasteiger partial charge in [0.15, 0.2) is 0 Å². The van der Waals surface area contributed by atoms with Crippen LogP contribution in [-0.2, 0) is 37.9 Å². The average Bonchev–Trinajstić information content (AvgIpc) is 1.59. The molecule has 2 nitrogen and oxygen atoms in total. The molecule has 0 bridgehead atoms. The molecule has 0 fully saturated rings. The highest BCUT2D eigenvalue weighted by atomic mass is 15.1. The van der Waals surface area contributed by atoms with Crippen molar-refractivity contribution >= 4 is 58.4 Å². The van der Waals surface area contributed by atoms with Gasteiger partial charge in [-0.05, 0) is 251 Å². The summed E-state index contributed by atoms with van der Waals surface area (Å²) in [5.41, 5.74) is 48.4. The van der Waals surface area contributed by atoms with Crippen molar-refractivity contribution in [2.24, 2.45) is 0 Å². The Morgan fingerprint density at radius 1 is 0.153 bits per heavy atom. The van der Waals surface area contributed by atoms with Crippen LogP contribution in [0.1, 0.15) is 197 Å². The smallest absolute Gasteiger partial charge is 0.0465 e. The van der Waals surface area contributed by atoms with Crippen molar-refractivity contribution in [3.8, 4) is 77.9 Å². The quantitative estimate of drug-likeness (QED) is 0.126. The molecule has 538 valence electrons. The minimum absolute atomic E-state index is 0.134. The molecule has 0 saturated carbocycles. The van der Waals surface area contributed by atoms with E-state index in [0.717, 1.165) is 0 Å². The molecule has 7 aliphatic carbocycles. The molecule has 21 rings (SSSR count). The Morgan fingerprint density at radius 3 is 0.486 bits per heavy atom. The number of benzene rings is 14. The van der Waals surface area contributed by atoms with Gasteiger partial charge in [-0.2, -0.15) is 0 Å². The predicted molar refractivity (Wildman–Crippen MR) is 469 cm³/mol.